The van der Waals surface area contributed by atoms with E-state index in [1.54, 1.807) is 6.08 Å². The molecule has 0 spiro atoms. The summed E-state index contributed by atoms with van der Waals surface area (Å²) in [6.45, 7) is 4.68. The van der Waals surface area contributed by atoms with Gasteiger partial charge in [-0.1, -0.05) is 308 Å². The second-order valence-electron chi connectivity index (χ2n) is 23.8. The van der Waals surface area contributed by atoms with E-state index >= 15 is 0 Å². The normalized spacial score (nSPS) is 14.5. The number of allylic oxidation sites excluding steroid dienone is 21. The smallest absolute Gasteiger partial charge is 0.387 e. The molecule has 0 aromatic rings. The van der Waals surface area contributed by atoms with E-state index in [0.29, 0.717) is 23.9 Å². The van der Waals surface area contributed by atoms with Crippen LogP contribution in [-0.4, -0.2) is 73.4 Å². The molecular weight excluding hydrogens is 1040 g/mol. The summed E-state index contributed by atoms with van der Waals surface area (Å²) in [6.07, 6.45) is 95.9. The highest BCUT2D eigenvalue weighted by molar-refractivity contribution is 7.47. The Labute approximate surface area is 513 Å². The van der Waals surface area contributed by atoms with Crippen LogP contribution in [0.2, 0.25) is 0 Å². The number of hydrogen-bond donors (Lipinski definition) is 3. The first-order chi connectivity index (χ1) is 40.5. The van der Waals surface area contributed by atoms with Gasteiger partial charge in [-0.3, -0.25) is 13.8 Å². The van der Waals surface area contributed by atoms with Gasteiger partial charge in [0.1, 0.15) is 13.2 Å². The highest BCUT2D eigenvalue weighted by Gasteiger charge is 2.27. The Morgan fingerprint density at radius 3 is 1.06 bits per heavy atom. The summed E-state index contributed by atoms with van der Waals surface area (Å²) >= 11 is 0. The van der Waals surface area contributed by atoms with E-state index in [2.05, 4.69) is 141 Å². The van der Waals surface area contributed by atoms with Crippen LogP contribution in [0.5, 0.6) is 0 Å². The molecule has 0 aromatic heterocycles. The highest BCUT2D eigenvalue weighted by atomic mass is 31.2. The van der Waals surface area contributed by atoms with Crippen LogP contribution in [0.1, 0.15) is 277 Å². The molecule has 8 nitrogen and oxygen atoms in total. The molecule has 0 aliphatic carbocycles. The maximum Gasteiger partial charge on any atom is 0.472 e. The Kier molecular flexibility index (Phi) is 60.6. The minimum absolute atomic E-state index is 0.0458. The third-order valence-electron chi connectivity index (χ3n) is 14.6. The Balaban J connectivity index is 4.25. The molecule has 3 unspecified atom stereocenters. The maximum absolute atomic E-state index is 13.0. The van der Waals surface area contributed by atoms with E-state index in [1.165, 1.54) is 154 Å². The number of likely N-dealkylation sites (N-methyl/N-ethyl adjacent to an activating group) is 1. The molecule has 3 N–H and O–H groups in total. The first-order valence-electron chi connectivity index (χ1n) is 34.1. The van der Waals surface area contributed by atoms with Crippen LogP contribution in [-0.2, 0) is 18.4 Å². The largest absolute Gasteiger partial charge is 0.472 e. The van der Waals surface area contributed by atoms with Gasteiger partial charge in [-0.2, -0.15) is 0 Å². The van der Waals surface area contributed by atoms with Gasteiger partial charge in [0.15, 0.2) is 0 Å². The van der Waals surface area contributed by atoms with Crippen LogP contribution in [0, 0.1) is 0 Å². The number of unbranched alkanes of at least 4 members (excludes halogenated alkanes) is 28. The molecule has 1 amide bonds. The van der Waals surface area contributed by atoms with Gasteiger partial charge in [0.25, 0.3) is 0 Å². The molecule has 0 radical (unpaired) electrons. The topological polar surface area (TPSA) is 105 Å². The minimum Gasteiger partial charge on any atom is -0.387 e. The number of aliphatic hydroxyl groups excluding tert-OH is 1. The minimum atomic E-state index is -4.38. The quantitative estimate of drug-likeness (QED) is 0.0243. The van der Waals surface area contributed by atoms with Crippen molar-refractivity contribution in [2.75, 3.05) is 40.9 Å². The Morgan fingerprint density at radius 1 is 0.422 bits per heavy atom. The van der Waals surface area contributed by atoms with Gasteiger partial charge in [-0.15, -0.1) is 0 Å². The van der Waals surface area contributed by atoms with E-state index in [1.807, 2.05) is 27.2 Å². The highest BCUT2D eigenvalue weighted by Crippen LogP contribution is 2.43. The number of phosphoric ester groups is 1. The zero-order valence-electron chi connectivity index (χ0n) is 54.4. The third-order valence-corrected chi connectivity index (χ3v) is 15.6. The molecule has 0 heterocycles. The Hall–Kier alpha value is -3.36. The molecule has 0 fully saturated rings. The number of phosphoric acid groups is 1. The lowest BCUT2D eigenvalue weighted by atomic mass is 10.0. The lowest BCUT2D eigenvalue weighted by Crippen LogP contribution is -2.45. The van der Waals surface area contributed by atoms with E-state index in [9.17, 15) is 19.4 Å². The summed E-state index contributed by atoms with van der Waals surface area (Å²) in [6, 6.07) is -0.882. The van der Waals surface area contributed by atoms with Gasteiger partial charge < -0.3 is 19.8 Å². The molecule has 3 atom stereocenters. The van der Waals surface area contributed by atoms with Crippen molar-refractivity contribution in [3.05, 3.63) is 134 Å². The molecular formula is C74H130N2O6P+. The van der Waals surface area contributed by atoms with Gasteiger partial charge >= 0.3 is 7.82 Å². The average Bonchev–Trinajstić information content (AvgIpc) is 3.49. The van der Waals surface area contributed by atoms with Crippen molar-refractivity contribution in [2.45, 2.75) is 289 Å². The maximum atomic E-state index is 13.0. The van der Waals surface area contributed by atoms with E-state index in [4.69, 9.17) is 9.05 Å². The number of amides is 1. The number of hydrogen-bond acceptors (Lipinski definition) is 5. The van der Waals surface area contributed by atoms with Crippen molar-refractivity contribution in [3.8, 4) is 0 Å². The van der Waals surface area contributed by atoms with Gasteiger partial charge in [0.05, 0.1) is 39.9 Å². The predicted molar refractivity (Wildman–Crippen MR) is 364 cm³/mol. The van der Waals surface area contributed by atoms with Crippen molar-refractivity contribution in [3.63, 3.8) is 0 Å². The molecule has 0 rings (SSSR count). The van der Waals surface area contributed by atoms with Crippen LogP contribution >= 0.6 is 7.82 Å². The fourth-order valence-corrected chi connectivity index (χ4v) is 10.1. The summed E-state index contributed by atoms with van der Waals surface area (Å²) in [7, 11) is 1.53. The number of nitrogens with zero attached hydrogens (tertiary/aromatic N) is 1. The van der Waals surface area contributed by atoms with Crippen LogP contribution < -0.4 is 5.32 Å². The fourth-order valence-electron chi connectivity index (χ4n) is 9.37. The van der Waals surface area contributed by atoms with Crippen molar-refractivity contribution in [1.82, 2.24) is 5.32 Å². The summed E-state index contributed by atoms with van der Waals surface area (Å²) in [5, 5.41) is 14.0. The van der Waals surface area contributed by atoms with Gasteiger partial charge in [0.2, 0.25) is 5.91 Å². The molecule has 0 aliphatic heterocycles. The number of carbonyl (C=O) groups excluding carboxylic acids is 1. The number of aliphatic hydroxyl groups is 1. The van der Waals surface area contributed by atoms with Crippen LogP contribution in [0.3, 0.4) is 0 Å². The molecule has 0 saturated heterocycles. The second kappa shape index (κ2) is 63.2. The molecule has 0 bridgehead atoms. The first kappa shape index (κ1) is 79.6. The van der Waals surface area contributed by atoms with Crippen LogP contribution in [0.4, 0.5) is 0 Å². The predicted octanol–water partition coefficient (Wildman–Crippen LogP) is 21.8. The Bertz CT molecular complexity index is 1810. The number of carbonyl (C=O) groups is 1. The lowest BCUT2D eigenvalue weighted by molar-refractivity contribution is -0.870. The second-order valence-corrected chi connectivity index (χ2v) is 25.3. The fraction of sp³-hybridized carbons (Fsp3) is 0.689. The van der Waals surface area contributed by atoms with Crippen LogP contribution in [0.25, 0.3) is 0 Å². The molecule has 476 valence electrons. The number of quaternary nitrogens is 1. The molecule has 83 heavy (non-hydrogen) atoms. The van der Waals surface area contributed by atoms with Crippen LogP contribution in [0.15, 0.2) is 134 Å². The zero-order chi connectivity index (χ0) is 60.5. The summed E-state index contributed by atoms with van der Waals surface area (Å²) in [4.78, 5) is 23.4. The number of nitrogens with one attached hydrogen (secondary N) is 1. The average molecular weight is 1170 g/mol. The van der Waals surface area contributed by atoms with Gasteiger partial charge in [0, 0.05) is 6.42 Å². The van der Waals surface area contributed by atoms with E-state index < -0.39 is 20.0 Å². The monoisotopic (exact) mass is 1170 g/mol. The third kappa shape index (κ3) is 66.0. The van der Waals surface area contributed by atoms with Crippen molar-refractivity contribution < 1.29 is 32.9 Å². The van der Waals surface area contributed by atoms with E-state index in [-0.39, 0.29) is 19.1 Å². The molecule has 0 aliphatic rings. The van der Waals surface area contributed by atoms with Crippen molar-refractivity contribution >= 4 is 13.7 Å². The first-order valence-corrected chi connectivity index (χ1v) is 35.6. The Morgan fingerprint density at radius 2 is 0.723 bits per heavy atom. The van der Waals surface area contributed by atoms with Crippen molar-refractivity contribution in [1.29, 1.82) is 0 Å². The lowest BCUT2D eigenvalue weighted by Gasteiger charge is -2.25. The van der Waals surface area contributed by atoms with Gasteiger partial charge in [-0.05, 0) is 96.3 Å². The SMILES string of the molecule is CC/C=C\C/C=C\C/C=C\C/C=C\C/C=C\C/C=C\C/C=C\C/C=C\C/C=C\C/C=C\CCCCC(=O)NC(COP(=O)(O)OCC[N+](C)(C)C)C(O)/C=C/CCCCCCCCCCCCCCCCCCCCCCCCCCCC. The number of rotatable bonds is 61. The van der Waals surface area contributed by atoms with Gasteiger partial charge in [-0.25, -0.2) is 4.57 Å². The molecule has 0 aromatic carbocycles. The summed E-state index contributed by atoms with van der Waals surface area (Å²) in [5.41, 5.74) is 0. The zero-order valence-corrected chi connectivity index (χ0v) is 55.3. The standard InChI is InChI=1S/C74H129N2O6P/c1-6-8-10-12-14-16-18-20-22-24-26-28-30-32-34-36-37-38-39-40-42-44-46-48-50-52-54-56-58-60-62-64-66-68-74(78)75-72(71-82-83(79,80)81-70-69-76(3,4)5)73(77)67-65-63-61-59-57-55-53-51-49-47-45-43-41-35-33-31-29-27-25-23-21-19-17-15-13-11-9-7-2/h8,10,14,16,20,22,26,28,32,34,37-38,40,42,46,48,52,54,58,60,65,67,72-73,77H,6-7,9,11-13,15,17-19,21,23-25,27,29-31,33,35-36,39,41,43-45,47,49-51,53,55-57,59,61-64,66,68-71H2,1-5H3,(H-,75,78,79,80)/p+1/b10-8-,16-14-,22-20-,28-26-,34-32-,38-37-,42-40-,48-46-,54-52-,60-58-,67-65+. The van der Waals surface area contributed by atoms with Crippen molar-refractivity contribution in [2.24, 2.45) is 0 Å². The van der Waals surface area contributed by atoms with E-state index in [0.717, 1.165) is 96.3 Å². The molecule has 0 saturated carbocycles. The summed E-state index contributed by atoms with van der Waals surface area (Å²) in [5.74, 6) is -0.222. The molecule has 9 heteroatoms. The summed E-state index contributed by atoms with van der Waals surface area (Å²) < 4.78 is 23.8.